The maximum atomic E-state index is 11.1. The van der Waals surface area contributed by atoms with Crippen LogP contribution in [0.2, 0.25) is 0 Å². The highest BCUT2D eigenvalue weighted by atomic mass is 16.6. The summed E-state index contributed by atoms with van der Waals surface area (Å²) < 4.78 is 0. The zero-order valence-electron chi connectivity index (χ0n) is 11.4. The van der Waals surface area contributed by atoms with Crippen LogP contribution in [0.5, 0.6) is 0 Å². The first kappa shape index (κ1) is 14.9. The number of carboxylic acid groups (broad SMARTS) is 1. The van der Waals surface area contributed by atoms with Crippen LogP contribution in [0.1, 0.15) is 38.1 Å². The van der Waals surface area contributed by atoms with Crippen molar-refractivity contribution in [2.75, 3.05) is 5.32 Å². The van der Waals surface area contributed by atoms with Gasteiger partial charge in [0.2, 0.25) is 0 Å². The number of nitro benzene ring substituents is 1. The van der Waals surface area contributed by atoms with Gasteiger partial charge in [-0.1, -0.05) is 20.8 Å². The molecule has 104 valence electrons. The van der Waals surface area contributed by atoms with Crippen molar-refractivity contribution in [3.05, 3.63) is 33.9 Å². The summed E-state index contributed by atoms with van der Waals surface area (Å²) in [7, 11) is 0. The number of nitro groups is 1. The van der Waals surface area contributed by atoms with E-state index >= 15 is 0 Å². The second-order valence-electron chi connectivity index (χ2n) is 5.52. The van der Waals surface area contributed by atoms with Gasteiger partial charge < -0.3 is 10.4 Å². The van der Waals surface area contributed by atoms with Crippen LogP contribution >= 0.6 is 0 Å². The van der Waals surface area contributed by atoms with E-state index in [0.29, 0.717) is 0 Å². The molecule has 0 aromatic heterocycles. The average Bonchev–Trinajstić information content (AvgIpc) is 2.27. The van der Waals surface area contributed by atoms with Crippen LogP contribution in [0.15, 0.2) is 18.2 Å². The molecule has 6 nitrogen and oxygen atoms in total. The number of rotatable bonds is 4. The molecular weight excluding hydrogens is 248 g/mol. The quantitative estimate of drug-likeness (QED) is 0.645. The number of nitrogens with zero attached hydrogens (tertiary/aromatic N) is 1. The van der Waals surface area contributed by atoms with Crippen LogP contribution in [-0.2, 0) is 0 Å². The summed E-state index contributed by atoms with van der Waals surface area (Å²) in [5.41, 5.74) is 0.0693. The predicted octanol–water partition coefficient (Wildman–Crippen LogP) is 3.14. The second-order valence-corrected chi connectivity index (χ2v) is 5.52. The highest BCUT2D eigenvalue weighted by Gasteiger charge is 2.23. The van der Waals surface area contributed by atoms with Crippen molar-refractivity contribution in [2.45, 2.75) is 33.7 Å². The summed E-state index contributed by atoms with van der Waals surface area (Å²) in [5.74, 6) is -1.11. The average molecular weight is 266 g/mol. The van der Waals surface area contributed by atoms with E-state index in [1.54, 1.807) is 0 Å². The molecule has 0 radical (unpaired) electrons. The van der Waals surface area contributed by atoms with Gasteiger partial charge in [0.1, 0.15) is 0 Å². The van der Waals surface area contributed by atoms with E-state index < -0.39 is 10.9 Å². The van der Waals surface area contributed by atoms with Crippen molar-refractivity contribution in [3.8, 4) is 0 Å². The molecule has 0 bridgehead atoms. The van der Waals surface area contributed by atoms with E-state index in [-0.39, 0.29) is 28.4 Å². The van der Waals surface area contributed by atoms with Crippen LogP contribution in [-0.4, -0.2) is 22.0 Å². The maximum Gasteiger partial charge on any atom is 0.337 e. The van der Waals surface area contributed by atoms with Crippen LogP contribution < -0.4 is 5.32 Å². The Morgan fingerprint density at radius 3 is 2.42 bits per heavy atom. The van der Waals surface area contributed by atoms with Crippen molar-refractivity contribution in [2.24, 2.45) is 5.41 Å². The lowest BCUT2D eigenvalue weighted by atomic mass is 9.88. The zero-order valence-corrected chi connectivity index (χ0v) is 11.4. The molecule has 0 amide bonds. The Morgan fingerprint density at radius 2 is 2.00 bits per heavy atom. The number of nitrogens with one attached hydrogen (secondary N) is 1. The lowest BCUT2D eigenvalue weighted by Crippen LogP contribution is -2.31. The number of hydrogen-bond acceptors (Lipinski definition) is 4. The molecule has 1 rings (SSSR count). The van der Waals surface area contributed by atoms with Gasteiger partial charge in [-0.25, -0.2) is 4.79 Å². The molecule has 2 N–H and O–H groups in total. The number of benzene rings is 1. The van der Waals surface area contributed by atoms with Crippen LogP contribution in [0.25, 0.3) is 0 Å². The fraction of sp³-hybridized carbons (Fsp3) is 0.462. The first-order valence-corrected chi connectivity index (χ1v) is 5.91. The molecule has 0 spiro atoms. The molecule has 1 aromatic rings. The first-order valence-electron chi connectivity index (χ1n) is 5.91. The van der Waals surface area contributed by atoms with Gasteiger partial charge in [-0.05, 0) is 18.4 Å². The Morgan fingerprint density at radius 1 is 1.42 bits per heavy atom. The molecule has 6 heteroatoms. The number of carboxylic acids is 1. The number of aromatic carboxylic acids is 1. The second kappa shape index (κ2) is 5.26. The summed E-state index contributed by atoms with van der Waals surface area (Å²) in [6.45, 7) is 7.91. The lowest BCUT2D eigenvalue weighted by Gasteiger charge is -2.29. The van der Waals surface area contributed by atoms with Gasteiger partial charge in [0.15, 0.2) is 0 Å². The first-order chi connectivity index (χ1) is 8.62. The van der Waals surface area contributed by atoms with Crippen LogP contribution in [0, 0.1) is 15.5 Å². The molecule has 1 atom stereocenters. The van der Waals surface area contributed by atoms with Gasteiger partial charge in [-0.15, -0.1) is 0 Å². The van der Waals surface area contributed by atoms with Gasteiger partial charge in [-0.3, -0.25) is 10.1 Å². The molecule has 0 aliphatic rings. The van der Waals surface area contributed by atoms with E-state index in [9.17, 15) is 14.9 Å². The standard InChI is InChI=1S/C13H18N2O4/c1-8(13(2,3)4)14-11-7-9(15(18)19)5-6-10(11)12(16)17/h5-8,14H,1-4H3,(H,16,17). The molecule has 0 aliphatic heterocycles. The van der Waals surface area contributed by atoms with E-state index in [2.05, 4.69) is 5.32 Å². The van der Waals surface area contributed by atoms with Crippen LogP contribution in [0.4, 0.5) is 11.4 Å². The summed E-state index contributed by atoms with van der Waals surface area (Å²) in [6, 6.07) is 3.66. The minimum absolute atomic E-state index is 0.0294. The Kier molecular flexibility index (Phi) is 4.14. The zero-order chi connectivity index (χ0) is 14.8. The lowest BCUT2D eigenvalue weighted by molar-refractivity contribution is -0.384. The minimum Gasteiger partial charge on any atom is -0.478 e. The highest BCUT2D eigenvalue weighted by Crippen LogP contribution is 2.27. The van der Waals surface area contributed by atoms with Crippen LogP contribution in [0.3, 0.4) is 0 Å². The molecule has 19 heavy (non-hydrogen) atoms. The smallest absolute Gasteiger partial charge is 0.337 e. The SMILES string of the molecule is CC(Nc1cc([N+](=O)[O-])ccc1C(=O)O)C(C)(C)C. The Bertz CT molecular complexity index is 506. The number of non-ortho nitro benzene ring substituents is 1. The molecule has 0 aliphatic carbocycles. The fourth-order valence-electron chi connectivity index (χ4n) is 1.40. The van der Waals surface area contributed by atoms with Crippen molar-refractivity contribution >= 4 is 17.3 Å². The molecule has 1 unspecified atom stereocenters. The van der Waals surface area contributed by atoms with Gasteiger partial charge in [0.25, 0.3) is 5.69 Å². The molecule has 0 saturated carbocycles. The van der Waals surface area contributed by atoms with Crippen molar-refractivity contribution in [3.63, 3.8) is 0 Å². The minimum atomic E-state index is -1.11. The predicted molar refractivity (Wildman–Crippen MR) is 72.6 cm³/mol. The topological polar surface area (TPSA) is 92.5 Å². The Hall–Kier alpha value is -2.11. The largest absolute Gasteiger partial charge is 0.478 e. The maximum absolute atomic E-state index is 11.1. The van der Waals surface area contributed by atoms with E-state index in [4.69, 9.17) is 5.11 Å². The van der Waals surface area contributed by atoms with E-state index in [0.717, 1.165) is 0 Å². The van der Waals surface area contributed by atoms with Crippen molar-refractivity contribution in [1.29, 1.82) is 0 Å². The van der Waals surface area contributed by atoms with Gasteiger partial charge in [0.05, 0.1) is 16.2 Å². The van der Waals surface area contributed by atoms with E-state index in [1.807, 2.05) is 27.7 Å². The molecule has 0 saturated heterocycles. The molecular formula is C13H18N2O4. The van der Waals surface area contributed by atoms with Crippen molar-refractivity contribution < 1.29 is 14.8 Å². The monoisotopic (exact) mass is 266 g/mol. The summed E-state index contributed by atoms with van der Waals surface area (Å²) in [6.07, 6.45) is 0. The normalized spacial score (nSPS) is 12.8. The summed E-state index contributed by atoms with van der Waals surface area (Å²) in [5, 5.41) is 22.9. The van der Waals surface area contributed by atoms with E-state index in [1.165, 1.54) is 18.2 Å². The Balaban J connectivity index is 3.18. The summed E-state index contributed by atoms with van der Waals surface area (Å²) in [4.78, 5) is 21.3. The molecule has 0 heterocycles. The number of hydrogen-bond donors (Lipinski definition) is 2. The van der Waals surface area contributed by atoms with Gasteiger partial charge in [0, 0.05) is 18.2 Å². The molecule has 0 fully saturated rings. The van der Waals surface area contributed by atoms with Crippen molar-refractivity contribution in [1.82, 2.24) is 0 Å². The van der Waals surface area contributed by atoms with Gasteiger partial charge in [-0.2, -0.15) is 0 Å². The third-order valence-corrected chi connectivity index (χ3v) is 3.12. The fourth-order valence-corrected chi connectivity index (χ4v) is 1.40. The number of carbonyl (C=O) groups is 1. The third-order valence-electron chi connectivity index (χ3n) is 3.12. The van der Waals surface area contributed by atoms with Gasteiger partial charge >= 0.3 is 5.97 Å². The Labute approximate surface area is 111 Å². The highest BCUT2D eigenvalue weighted by molar-refractivity contribution is 5.94. The summed E-state index contributed by atoms with van der Waals surface area (Å²) >= 11 is 0. The molecule has 1 aromatic carbocycles. The number of anilines is 1. The third kappa shape index (κ3) is 3.67.